The number of anilines is 1. The molecule has 0 radical (unpaired) electrons. The number of nitrogens with one attached hydrogen (secondary N) is 1. The predicted molar refractivity (Wildman–Crippen MR) is 106 cm³/mol. The number of nitrogens with zero attached hydrogens (tertiary/aromatic N) is 1. The summed E-state index contributed by atoms with van der Waals surface area (Å²) >= 11 is 11.8. The SMILES string of the molecule is O=C(COC(=O)CCc1ncc(-c2ccc(F)cc2F)o1)Nc1cc(Cl)ccc1Cl. The van der Waals surface area contributed by atoms with Crippen molar-refractivity contribution in [3.63, 3.8) is 0 Å². The second kappa shape index (κ2) is 9.69. The van der Waals surface area contributed by atoms with Gasteiger partial charge in [-0.15, -0.1) is 0 Å². The first-order valence-electron chi connectivity index (χ1n) is 8.62. The van der Waals surface area contributed by atoms with Crippen LogP contribution in [0.5, 0.6) is 0 Å². The number of aryl methyl sites for hydroxylation is 1. The van der Waals surface area contributed by atoms with Crippen molar-refractivity contribution in [3.05, 3.63) is 70.2 Å². The molecule has 3 aromatic rings. The van der Waals surface area contributed by atoms with Crippen LogP contribution in [0.15, 0.2) is 47.0 Å². The molecule has 0 spiro atoms. The van der Waals surface area contributed by atoms with Crippen molar-refractivity contribution in [2.45, 2.75) is 12.8 Å². The first kappa shape index (κ1) is 21.7. The Morgan fingerprint density at radius 3 is 2.70 bits per heavy atom. The Hall–Kier alpha value is -2.97. The molecule has 6 nitrogen and oxygen atoms in total. The fourth-order valence-corrected chi connectivity index (χ4v) is 2.78. The van der Waals surface area contributed by atoms with Gasteiger partial charge in [0.15, 0.2) is 18.3 Å². The molecule has 10 heteroatoms. The zero-order valence-corrected chi connectivity index (χ0v) is 16.8. The first-order chi connectivity index (χ1) is 14.3. The minimum atomic E-state index is -0.789. The van der Waals surface area contributed by atoms with Gasteiger partial charge in [0.05, 0.1) is 28.9 Å². The largest absolute Gasteiger partial charge is 0.456 e. The van der Waals surface area contributed by atoms with Crippen LogP contribution >= 0.6 is 23.2 Å². The molecule has 1 heterocycles. The lowest BCUT2D eigenvalue weighted by molar-refractivity contribution is -0.147. The number of hydrogen-bond donors (Lipinski definition) is 1. The number of ether oxygens (including phenoxy) is 1. The summed E-state index contributed by atoms with van der Waals surface area (Å²) in [6.45, 7) is -0.515. The van der Waals surface area contributed by atoms with Crippen LogP contribution in [0.3, 0.4) is 0 Å². The molecule has 1 aromatic heterocycles. The molecule has 1 N–H and O–H groups in total. The number of rotatable bonds is 7. The van der Waals surface area contributed by atoms with Gasteiger partial charge in [0.25, 0.3) is 5.91 Å². The summed E-state index contributed by atoms with van der Waals surface area (Å²) in [4.78, 5) is 27.7. The molecule has 0 saturated carbocycles. The number of aromatic nitrogens is 1. The molecular weight excluding hydrogens is 441 g/mol. The Labute approximate surface area is 179 Å². The number of carbonyl (C=O) groups excluding carboxylic acids is 2. The standard InChI is InChI=1S/C20H14Cl2F2N2O4/c21-11-1-4-14(22)16(7-11)26-18(27)10-29-20(28)6-5-19-25-9-17(30-19)13-3-2-12(23)8-15(13)24/h1-4,7-9H,5-6,10H2,(H,26,27). The van der Waals surface area contributed by atoms with Crippen molar-refractivity contribution < 1.29 is 27.5 Å². The highest BCUT2D eigenvalue weighted by atomic mass is 35.5. The molecule has 0 unspecified atom stereocenters. The summed E-state index contributed by atoms with van der Waals surface area (Å²) in [6.07, 6.45) is 1.24. The maximum absolute atomic E-state index is 13.8. The van der Waals surface area contributed by atoms with Gasteiger partial charge < -0.3 is 14.5 Å². The lowest BCUT2D eigenvalue weighted by Gasteiger charge is -2.08. The zero-order chi connectivity index (χ0) is 21.7. The molecule has 0 saturated heterocycles. The van der Waals surface area contributed by atoms with E-state index in [9.17, 15) is 18.4 Å². The second-order valence-corrected chi connectivity index (χ2v) is 6.92. The van der Waals surface area contributed by atoms with Gasteiger partial charge in [0, 0.05) is 17.5 Å². The molecular formula is C20H14Cl2F2N2O4. The van der Waals surface area contributed by atoms with E-state index < -0.39 is 30.1 Å². The van der Waals surface area contributed by atoms with Crippen LogP contribution in [-0.2, 0) is 20.7 Å². The van der Waals surface area contributed by atoms with Crippen molar-refractivity contribution in [3.8, 4) is 11.3 Å². The zero-order valence-electron chi connectivity index (χ0n) is 15.3. The van der Waals surface area contributed by atoms with E-state index in [0.29, 0.717) is 10.7 Å². The maximum atomic E-state index is 13.8. The molecule has 0 aliphatic heterocycles. The van der Waals surface area contributed by atoms with Crippen LogP contribution in [0.25, 0.3) is 11.3 Å². The Morgan fingerprint density at radius 1 is 1.13 bits per heavy atom. The smallest absolute Gasteiger partial charge is 0.306 e. The fourth-order valence-electron chi connectivity index (χ4n) is 2.45. The van der Waals surface area contributed by atoms with E-state index in [1.165, 1.54) is 24.4 Å². The number of halogens is 4. The summed E-state index contributed by atoms with van der Waals surface area (Å²) in [6, 6.07) is 7.61. The number of carbonyl (C=O) groups is 2. The number of amides is 1. The van der Waals surface area contributed by atoms with E-state index in [0.717, 1.165) is 12.1 Å². The predicted octanol–water partition coefficient (Wildman–Crippen LogP) is 5.04. The van der Waals surface area contributed by atoms with Gasteiger partial charge >= 0.3 is 5.97 Å². The van der Waals surface area contributed by atoms with Gasteiger partial charge in [-0.05, 0) is 30.3 Å². The first-order valence-corrected chi connectivity index (χ1v) is 9.38. The quantitative estimate of drug-likeness (QED) is 0.505. The van der Waals surface area contributed by atoms with E-state index in [4.69, 9.17) is 32.4 Å². The van der Waals surface area contributed by atoms with E-state index in [-0.39, 0.29) is 35.1 Å². The molecule has 3 rings (SSSR count). The van der Waals surface area contributed by atoms with Gasteiger partial charge in [-0.1, -0.05) is 23.2 Å². The Balaban J connectivity index is 1.47. The average Bonchev–Trinajstić information content (AvgIpc) is 3.16. The van der Waals surface area contributed by atoms with Crippen LogP contribution in [-0.4, -0.2) is 23.5 Å². The van der Waals surface area contributed by atoms with Crippen LogP contribution in [0.1, 0.15) is 12.3 Å². The number of benzene rings is 2. The average molecular weight is 455 g/mol. The monoisotopic (exact) mass is 454 g/mol. The number of oxazole rings is 1. The lowest BCUT2D eigenvalue weighted by Crippen LogP contribution is -2.21. The molecule has 30 heavy (non-hydrogen) atoms. The molecule has 0 fully saturated rings. The summed E-state index contributed by atoms with van der Waals surface area (Å²) in [7, 11) is 0. The van der Waals surface area contributed by atoms with Crippen molar-refractivity contribution in [1.82, 2.24) is 4.98 Å². The summed E-state index contributed by atoms with van der Waals surface area (Å²) in [5, 5.41) is 3.16. The van der Waals surface area contributed by atoms with Gasteiger partial charge in [0.1, 0.15) is 11.6 Å². The molecule has 1 amide bonds. The summed E-state index contributed by atoms with van der Waals surface area (Å²) in [5.41, 5.74) is 0.347. The maximum Gasteiger partial charge on any atom is 0.306 e. The highest BCUT2D eigenvalue weighted by molar-refractivity contribution is 6.35. The van der Waals surface area contributed by atoms with Crippen LogP contribution in [0, 0.1) is 11.6 Å². The molecule has 0 aliphatic rings. The van der Waals surface area contributed by atoms with Crippen molar-refractivity contribution in [2.24, 2.45) is 0 Å². The number of hydrogen-bond acceptors (Lipinski definition) is 5. The van der Waals surface area contributed by atoms with Gasteiger partial charge in [-0.3, -0.25) is 9.59 Å². The molecule has 0 bridgehead atoms. The summed E-state index contributed by atoms with van der Waals surface area (Å²) < 4.78 is 37.0. The van der Waals surface area contributed by atoms with Crippen molar-refractivity contribution >= 4 is 40.8 Å². The van der Waals surface area contributed by atoms with E-state index in [1.54, 1.807) is 6.07 Å². The van der Waals surface area contributed by atoms with Crippen molar-refractivity contribution in [2.75, 3.05) is 11.9 Å². The van der Waals surface area contributed by atoms with E-state index >= 15 is 0 Å². The van der Waals surface area contributed by atoms with Crippen molar-refractivity contribution in [1.29, 1.82) is 0 Å². The third-order valence-electron chi connectivity index (χ3n) is 3.86. The topological polar surface area (TPSA) is 81.4 Å². The highest BCUT2D eigenvalue weighted by Crippen LogP contribution is 2.26. The molecule has 156 valence electrons. The molecule has 0 atom stereocenters. The van der Waals surface area contributed by atoms with Crippen LogP contribution < -0.4 is 5.32 Å². The van der Waals surface area contributed by atoms with E-state index in [1.807, 2.05) is 0 Å². The second-order valence-electron chi connectivity index (χ2n) is 6.08. The van der Waals surface area contributed by atoms with Gasteiger partial charge in [-0.25, -0.2) is 13.8 Å². The number of esters is 1. The summed E-state index contributed by atoms with van der Waals surface area (Å²) in [5.74, 6) is -2.47. The minimum Gasteiger partial charge on any atom is -0.456 e. The normalized spacial score (nSPS) is 10.7. The van der Waals surface area contributed by atoms with Gasteiger partial charge in [0.2, 0.25) is 0 Å². The third kappa shape index (κ3) is 5.77. The fraction of sp³-hybridized carbons (Fsp3) is 0.150. The molecule has 2 aromatic carbocycles. The highest BCUT2D eigenvalue weighted by Gasteiger charge is 2.14. The third-order valence-corrected chi connectivity index (χ3v) is 4.42. The van der Waals surface area contributed by atoms with Crippen LogP contribution in [0.4, 0.5) is 14.5 Å². The van der Waals surface area contributed by atoms with Gasteiger partial charge in [-0.2, -0.15) is 0 Å². The minimum absolute atomic E-state index is 0.0501. The van der Waals surface area contributed by atoms with E-state index in [2.05, 4.69) is 10.3 Å². The Bertz CT molecular complexity index is 1090. The molecule has 0 aliphatic carbocycles. The Morgan fingerprint density at radius 2 is 1.93 bits per heavy atom. The Kier molecular flexibility index (Phi) is 7.02. The van der Waals surface area contributed by atoms with Crippen LogP contribution in [0.2, 0.25) is 10.0 Å². The lowest BCUT2D eigenvalue weighted by atomic mass is 10.2.